The van der Waals surface area contributed by atoms with Gasteiger partial charge in [-0.25, -0.2) is 4.79 Å². The monoisotopic (exact) mass is 356 g/mol. The van der Waals surface area contributed by atoms with Gasteiger partial charge >= 0.3 is 11.9 Å². The molecule has 2 heterocycles. The lowest BCUT2D eigenvalue weighted by atomic mass is 9.96. The summed E-state index contributed by atoms with van der Waals surface area (Å²) in [6.07, 6.45) is 3.24. The fourth-order valence-corrected chi connectivity index (χ4v) is 3.59. The third kappa shape index (κ3) is 3.36. The van der Waals surface area contributed by atoms with Gasteiger partial charge in [-0.3, -0.25) is 9.78 Å². The van der Waals surface area contributed by atoms with Crippen LogP contribution in [0.4, 0.5) is 5.69 Å². The predicted molar refractivity (Wildman–Crippen MR) is 99.4 cm³/mol. The highest BCUT2D eigenvalue weighted by Crippen LogP contribution is 2.34. The van der Waals surface area contributed by atoms with Crippen LogP contribution in [0.5, 0.6) is 0 Å². The number of carbonyl (C=O) groups excluding carboxylic acids is 2. The average molecular weight is 356 g/mol. The quantitative estimate of drug-likeness (QED) is 0.784. The molecule has 0 unspecified atom stereocenters. The molecule has 1 aromatic heterocycles. The Hall–Kier alpha value is -2.63. The number of fused-ring (bicyclic) bond motifs is 1. The molecular weight excluding hydrogens is 332 g/mol. The molecule has 1 saturated heterocycles. The van der Waals surface area contributed by atoms with Crippen molar-refractivity contribution in [2.45, 2.75) is 26.7 Å². The molecule has 0 spiro atoms. The number of aryl methyl sites for hydroxylation is 1. The lowest BCUT2D eigenvalue weighted by molar-refractivity contribution is -0.145. The van der Waals surface area contributed by atoms with Gasteiger partial charge in [0, 0.05) is 24.7 Å². The number of ether oxygens (including phenoxy) is 2. The van der Waals surface area contributed by atoms with Gasteiger partial charge in [0.05, 0.1) is 30.8 Å². The number of pyridine rings is 1. The van der Waals surface area contributed by atoms with Gasteiger partial charge in [-0.05, 0) is 32.3 Å². The van der Waals surface area contributed by atoms with E-state index in [4.69, 9.17) is 9.47 Å². The van der Waals surface area contributed by atoms with Crippen molar-refractivity contribution in [3.8, 4) is 0 Å². The zero-order valence-corrected chi connectivity index (χ0v) is 15.4. The number of para-hydroxylation sites is 1. The van der Waals surface area contributed by atoms with E-state index in [-0.39, 0.29) is 11.9 Å². The second kappa shape index (κ2) is 7.72. The molecule has 26 heavy (non-hydrogen) atoms. The number of methoxy groups -OCH3 is 1. The first kappa shape index (κ1) is 18.2. The number of hydrogen-bond donors (Lipinski definition) is 0. The molecule has 0 amide bonds. The number of anilines is 1. The van der Waals surface area contributed by atoms with Crippen LogP contribution < -0.4 is 4.90 Å². The summed E-state index contributed by atoms with van der Waals surface area (Å²) in [7, 11) is 1.41. The van der Waals surface area contributed by atoms with Crippen LogP contribution in [0.1, 0.15) is 35.7 Å². The predicted octanol–water partition coefficient (Wildman–Crippen LogP) is 3.11. The molecule has 0 N–H and O–H groups in total. The zero-order valence-electron chi connectivity index (χ0n) is 15.4. The van der Waals surface area contributed by atoms with Crippen LogP contribution in [0.3, 0.4) is 0 Å². The molecular formula is C20H24N2O4. The van der Waals surface area contributed by atoms with E-state index < -0.39 is 5.97 Å². The molecule has 1 aromatic carbocycles. The summed E-state index contributed by atoms with van der Waals surface area (Å²) in [5.74, 6) is -0.794. The second-order valence-corrected chi connectivity index (χ2v) is 6.52. The molecule has 1 aliphatic rings. The SMILES string of the molecule is CCOC(=O)c1cnc2c(C)cccc2c1N1CCC[C@H](C(=O)OC)C1. The Bertz CT molecular complexity index is 834. The first-order valence-electron chi connectivity index (χ1n) is 8.95. The van der Waals surface area contributed by atoms with E-state index >= 15 is 0 Å². The highest BCUT2D eigenvalue weighted by Gasteiger charge is 2.30. The number of carbonyl (C=O) groups is 2. The molecule has 0 aliphatic carbocycles. The van der Waals surface area contributed by atoms with Gasteiger partial charge in [0.2, 0.25) is 0 Å². The van der Waals surface area contributed by atoms with E-state index in [9.17, 15) is 9.59 Å². The number of benzene rings is 1. The topological polar surface area (TPSA) is 68.7 Å². The number of piperidine rings is 1. The first-order valence-corrected chi connectivity index (χ1v) is 8.95. The molecule has 2 aromatic rings. The molecule has 1 fully saturated rings. The number of aromatic nitrogens is 1. The van der Waals surface area contributed by atoms with Crippen molar-refractivity contribution in [1.29, 1.82) is 0 Å². The van der Waals surface area contributed by atoms with Gasteiger partial charge in [-0.15, -0.1) is 0 Å². The maximum Gasteiger partial charge on any atom is 0.341 e. The van der Waals surface area contributed by atoms with Crippen molar-refractivity contribution in [2.24, 2.45) is 5.92 Å². The van der Waals surface area contributed by atoms with Gasteiger partial charge in [0.25, 0.3) is 0 Å². The molecule has 0 bridgehead atoms. The van der Waals surface area contributed by atoms with Crippen molar-refractivity contribution in [3.63, 3.8) is 0 Å². The molecule has 138 valence electrons. The highest BCUT2D eigenvalue weighted by molar-refractivity contribution is 6.06. The van der Waals surface area contributed by atoms with Crippen LogP contribution in [-0.2, 0) is 14.3 Å². The van der Waals surface area contributed by atoms with Gasteiger partial charge in [-0.2, -0.15) is 0 Å². The summed E-state index contributed by atoms with van der Waals surface area (Å²) in [6, 6.07) is 5.92. The van der Waals surface area contributed by atoms with E-state index in [1.165, 1.54) is 7.11 Å². The summed E-state index contributed by atoms with van der Waals surface area (Å²) < 4.78 is 10.2. The largest absolute Gasteiger partial charge is 0.469 e. The van der Waals surface area contributed by atoms with Crippen molar-refractivity contribution < 1.29 is 19.1 Å². The molecule has 0 saturated carbocycles. The summed E-state index contributed by atoms with van der Waals surface area (Å²) in [5, 5.41) is 0.904. The number of nitrogens with zero attached hydrogens (tertiary/aromatic N) is 2. The number of hydrogen-bond acceptors (Lipinski definition) is 6. The summed E-state index contributed by atoms with van der Waals surface area (Å²) in [4.78, 5) is 31.1. The minimum absolute atomic E-state index is 0.197. The van der Waals surface area contributed by atoms with Crippen LogP contribution in [-0.4, -0.2) is 43.7 Å². The smallest absolute Gasteiger partial charge is 0.341 e. The zero-order chi connectivity index (χ0) is 18.7. The Morgan fingerprint density at radius 1 is 1.35 bits per heavy atom. The standard InChI is InChI=1S/C20H24N2O4/c1-4-26-20(24)16-11-21-17-13(2)7-5-9-15(17)18(16)22-10-6-8-14(12-22)19(23)25-3/h5,7,9,11,14H,4,6,8,10,12H2,1-3H3/t14-/m0/s1. The van der Waals surface area contributed by atoms with Gasteiger partial charge in [0.1, 0.15) is 5.56 Å². The summed E-state index contributed by atoms with van der Waals surface area (Å²) >= 11 is 0. The second-order valence-electron chi connectivity index (χ2n) is 6.52. The summed E-state index contributed by atoms with van der Waals surface area (Å²) in [6.45, 7) is 5.37. The van der Waals surface area contributed by atoms with E-state index in [1.807, 2.05) is 25.1 Å². The maximum absolute atomic E-state index is 12.5. The molecule has 0 radical (unpaired) electrons. The Morgan fingerprint density at radius 2 is 2.15 bits per heavy atom. The molecule has 6 heteroatoms. The van der Waals surface area contributed by atoms with Crippen LogP contribution in [0.2, 0.25) is 0 Å². The summed E-state index contributed by atoms with van der Waals surface area (Å²) in [5.41, 5.74) is 3.14. The third-order valence-electron chi connectivity index (χ3n) is 4.84. The van der Waals surface area contributed by atoms with Crippen molar-refractivity contribution in [3.05, 3.63) is 35.5 Å². The van der Waals surface area contributed by atoms with Gasteiger partial charge in [0.15, 0.2) is 0 Å². The Labute approximate surface area is 153 Å². The van der Waals surface area contributed by atoms with Crippen LogP contribution in [0.25, 0.3) is 10.9 Å². The minimum Gasteiger partial charge on any atom is -0.469 e. The fraction of sp³-hybridized carbons (Fsp3) is 0.450. The highest BCUT2D eigenvalue weighted by atomic mass is 16.5. The van der Waals surface area contributed by atoms with Gasteiger partial charge < -0.3 is 14.4 Å². The maximum atomic E-state index is 12.5. The Morgan fingerprint density at radius 3 is 2.88 bits per heavy atom. The normalized spacial score (nSPS) is 17.2. The Kier molecular flexibility index (Phi) is 5.40. The van der Waals surface area contributed by atoms with Crippen molar-refractivity contribution in [2.75, 3.05) is 31.7 Å². The van der Waals surface area contributed by atoms with Gasteiger partial charge in [-0.1, -0.05) is 18.2 Å². The van der Waals surface area contributed by atoms with E-state index in [0.29, 0.717) is 18.7 Å². The molecule has 3 rings (SSSR count). The molecule has 1 atom stereocenters. The third-order valence-corrected chi connectivity index (χ3v) is 4.84. The fourth-order valence-electron chi connectivity index (χ4n) is 3.59. The van der Waals surface area contributed by atoms with Crippen molar-refractivity contribution >= 4 is 28.5 Å². The first-order chi connectivity index (χ1) is 12.6. The van der Waals surface area contributed by atoms with Crippen LogP contribution in [0.15, 0.2) is 24.4 Å². The lowest BCUT2D eigenvalue weighted by Gasteiger charge is -2.34. The van der Waals surface area contributed by atoms with Crippen LogP contribution in [0, 0.1) is 12.8 Å². The molecule has 6 nitrogen and oxygen atoms in total. The van der Waals surface area contributed by atoms with E-state index in [1.54, 1.807) is 13.1 Å². The molecule has 1 aliphatic heterocycles. The lowest BCUT2D eigenvalue weighted by Crippen LogP contribution is -2.40. The van der Waals surface area contributed by atoms with Crippen molar-refractivity contribution in [1.82, 2.24) is 4.98 Å². The van der Waals surface area contributed by atoms with Crippen LogP contribution >= 0.6 is 0 Å². The number of esters is 2. The Balaban J connectivity index is 2.12. The van der Waals surface area contributed by atoms with E-state index in [2.05, 4.69) is 9.88 Å². The van der Waals surface area contributed by atoms with E-state index in [0.717, 1.165) is 41.5 Å². The minimum atomic E-state index is -0.390. The number of rotatable bonds is 4. The average Bonchev–Trinajstić information content (AvgIpc) is 2.67.